The van der Waals surface area contributed by atoms with Gasteiger partial charge in [-0.2, -0.15) is 0 Å². The predicted molar refractivity (Wildman–Crippen MR) is 230 cm³/mol. The first-order valence-electron chi connectivity index (χ1n) is 18.9. The Labute approximate surface area is 357 Å². The van der Waals surface area contributed by atoms with Crippen molar-refractivity contribution < 1.29 is 25.8 Å². The molecule has 2 aliphatic heterocycles. The molecule has 9 rings (SSSR count). The predicted octanol–water partition coefficient (Wildman–Crippen LogP) is 11.0. The van der Waals surface area contributed by atoms with Crippen LogP contribution in [0.15, 0.2) is 140 Å². The van der Waals surface area contributed by atoms with Crippen LogP contribution in [0.4, 0.5) is 39.9 Å². The zero-order chi connectivity index (χ0) is 38.6. The molecule has 7 aromatic rings. The smallest absolute Gasteiger partial charge is 0 e. The molecule has 8 heteroatoms. The summed E-state index contributed by atoms with van der Waals surface area (Å²) >= 11 is 0.0745. The van der Waals surface area contributed by atoms with Crippen molar-refractivity contribution in [3.63, 3.8) is 0 Å². The third kappa shape index (κ3) is 7.65. The number of benzene rings is 5. The molecular weight excluding hydrogens is 949 g/mol. The van der Waals surface area contributed by atoms with Crippen molar-refractivity contribution >= 4 is 63.8 Å². The molecule has 0 fully saturated rings. The summed E-state index contributed by atoms with van der Waals surface area (Å²) in [6.45, 7) is 15.6. The molecular formula is C49H42N5OPtSe-3. The van der Waals surface area contributed by atoms with Crippen LogP contribution in [0.1, 0.15) is 52.7 Å². The quantitative estimate of drug-likeness (QED) is 0.122. The molecule has 5 aromatic carbocycles. The van der Waals surface area contributed by atoms with E-state index in [0.29, 0.717) is 11.5 Å². The number of hydrogen-bond donors (Lipinski definition) is 0. The molecule has 6 nitrogen and oxygen atoms in total. The van der Waals surface area contributed by atoms with Gasteiger partial charge in [0.2, 0.25) is 0 Å². The maximum absolute atomic E-state index is 6.60. The van der Waals surface area contributed by atoms with Gasteiger partial charge in [0.15, 0.2) is 0 Å². The van der Waals surface area contributed by atoms with Crippen LogP contribution in [0.5, 0.6) is 11.5 Å². The van der Waals surface area contributed by atoms with E-state index in [9.17, 15) is 0 Å². The number of aromatic nitrogens is 2. The third-order valence-corrected chi connectivity index (χ3v) is 12.6. The van der Waals surface area contributed by atoms with Gasteiger partial charge in [0.25, 0.3) is 0 Å². The molecule has 0 saturated heterocycles. The van der Waals surface area contributed by atoms with Gasteiger partial charge in [0.05, 0.1) is 0 Å². The summed E-state index contributed by atoms with van der Waals surface area (Å²) in [5.41, 5.74) is 11.0. The van der Waals surface area contributed by atoms with Crippen molar-refractivity contribution in [1.82, 2.24) is 9.97 Å². The first kappa shape index (κ1) is 38.7. The molecule has 57 heavy (non-hydrogen) atoms. The number of nitrogens with zero attached hydrogens (tertiary/aromatic N) is 5. The zero-order valence-corrected chi connectivity index (χ0v) is 36.7. The molecule has 0 saturated carbocycles. The van der Waals surface area contributed by atoms with Crippen LogP contribution in [-0.4, -0.2) is 24.9 Å². The molecule has 4 heterocycles. The summed E-state index contributed by atoms with van der Waals surface area (Å²) in [5, 5.41) is 0. The Morgan fingerprint density at radius 3 is 2.16 bits per heavy atom. The molecule has 288 valence electrons. The molecule has 2 aliphatic rings. The summed E-state index contributed by atoms with van der Waals surface area (Å²) in [7, 11) is 0. The molecule has 0 spiro atoms. The van der Waals surface area contributed by atoms with Gasteiger partial charge in [-0.05, 0) is 34.2 Å². The van der Waals surface area contributed by atoms with Gasteiger partial charge in [0, 0.05) is 21.1 Å². The topological polar surface area (TPSA) is 44.7 Å². The van der Waals surface area contributed by atoms with Crippen molar-refractivity contribution in [3.8, 4) is 22.6 Å². The minimum atomic E-state index is -0.0289. The largest absolute Gasteiger partial charge is 0.0565 e. The van der Waals surface area contributed by atoms with E-state index in [1.54, 1.807) is 0 Å². The Bertz CT molecular complexity index is 2560. The minimum absolute atomic E-state index is 0. The minimum Gasteiger partial charge on any atom is -0.0565 e. The fraction of sp³-hybridized carbons (Fsp3) is 0.163. The number of rotatable bonds is 6. The monoisotopic (exact) mass is 991 g/mol. The van der Waals surface area contributed by atoms with E-state index < -0.39 is 0 Å². The van der Waals surface area contributed by atoms with Crippen molar-refractivity contribution in [2.45, 2.75) is 52.4 Å². The average Bonchev–Trinajstić information content (AvgIpc) is 3.59. The standard InChI is InChI=1S/C49H42N5OSe.Pt/c1-48(2,3)35-16-18-37(19-17-35)52-32-53(41-21-15-34(27-42(41)52)33-11-8-7-9-12-33)38-13-10-14-39(29-38)55-40-20-22-45-43(30-40)54(44-31-50-25-24-46(44)56-45)47-28-36(23-26-51-47)49(4,5)6;/h7-28,31-32H,1-6H3;/q-3;. The molecule has 0 radical (unpaired) electrons. The van der Waals surface area contributed by atoms with Gasteiger partial charge in [-0.25, -0.2) is 0 Å². The molecule has 2 aromatic heterocycles. The van der Waals surface area contributed by atoms with E-state index in [0.717, 1.165) is 45.5 Å². The summed E-state index contributed by atoms with van der Waals surface area (Å²) in [4.78, 5) is 16.0. The second-order valence-corrected chi connectivity index (χ2v) is 18.5. The maximum atomic E-state index is 6.60. The SMILES string of the molecule is CC(C)(C)c1ccc(N2[CH-]N(c3[c-]c(Oc4[c-]c5c(cc4)[Se]c4ccncc4N5c4cc(C(C)(C)C)ccn4)ccc3)c3ccc(-c4ccccc4)cc32)cc1.[Pt]. The Balaban J connectivity index is 0.00000455. The Morgan fingerprint density at radius 1 is 0.614 bits per heavy atom. The number of pyridine rings is 2. The first-order valence-corrected chi connectivity index (χ1v) is 20.6. The summed E-state index contributed by atoms with van der Waals surface area (Å²) in [6, 6.07) is 49.9. The van der Waals surface area contributed by atoms with Crippen LogP contribution in [0, 0.1) is 18.8 Å². The molecule has 0 atom stereocenters. The van der Waals surface area contributed by atoms with Crippen LogP contribution in [-0.2, 0) is 31.9 Å². The van der Waals surface area contributed by atoms with Crippen molar-refractivity contribution in [2.24, 2.45) is 0 Å². The fourth-order valence-electron chi connectivity index (χ4n) is 7.11. The van der Waals surface area contributed by atoms with E-state index in [4.69, 9.17) is 9.72 Å². The van der Waals surface area contributed by atoms with Gasteiger partial charge >= 0.3 is 241 Å². The second-order valence-electron chi connectivity index (χ2n) is 16.2. The van der Waals surface area contributed by atoms with Gasteiger partial charge in [-0.1, -0.05) is 63.2 Å². The Kier molecular flexibility index (Phi) is 10.4. The van der Waals surface area contributed by atoms with Crippen LogP contribution in [0.3, 0.4) is 0 Å². The first-order chi connectivity index (χ1) is 27.0. The zero-order valence-electron chi connectivity index (χ0n) is 32.7. The van der Waals surface area contributed by atoms with E-state index in [1.165, 1.54) is 25.6 Å². The molecule has 0 amide bonds. The third-order valence-electron chi connectivity index (χ3n) is 10.2. The van der Waals surface area contributed by atoms with Crippen molar-refractivity contribution in [3.05, 3.63) is 170 Å². The number of ether oxygens (including phenoxy) is 1. The number of hydrogen-bond acceptors (Lipinski definition) is 6. The molecule has 0 unspecified atom stereocenters. The van der Waals surface area contributed by atoms with Crippen LogP contribution in [0.25, 0.3) is 11.1 Å². The molecule has 0 N–H and O–H groups in total. The van der Waals surface area contributed by atoms with Crippen LogP contribution >= 0.6 is 0 Å². The average molecular weight is 991 g/mol. The second kappa shape index (κ2) is 15.3. The fourth-order valence-corrected chi connectivity index (χ4v) is 9.19. The van der Waals surface area contributed by atoms with E-state index in [-0.39, 0.29) is 46.9 Å². The van der Waals surface area contributed by atoms with Crippen LogP contribution in [0.2, 0.25) is 0 Å². The Hall–Kier alpha value is -5.19. The summed E-state index contributed by atoms with van der Waals surface area (Å²) < 4.78 is 9.05. The maximum Gasteiger partial charge on any atom is 0 e. The van der Waals surface area contributed by atoms with Gasteiger partial charge in [-0.3, -0.25) is 0 Å². The van der Waals surface area contributed by atoms with Gasteiger partial charge in [0.1, 0.15) is 0 Å². The molecule has 0 bridgehead atoms. The van der Waals surface area contributed by atoms with Crippen LogP contribution < -0.4 is 28.4 Å². The summed E-state index contributed by atoms with van der Waals surface area (Å²) in [5.74, 6) is 2.04. The van der Waals surface area contributed by atoms with Crippen molar-refractivity contribution in [2.75, 3.05) is 14.7 Å². The van der Waals surface area contributed by atoms with E-state index >= 15 is 0 Å². The summed E-state index contributed by atoms with van der Waals surface area (Å²) in [6.07, 6.45) is 5.69. The van der Waals surface area contributed by atoms with Crippen molar-refractivity contribution in [1.29, 1.82) is 0 Å². The van der Waals surface area contributed by atoms with Gasteiger partial charge in [-0.15, -0.1) is 0 Å². The van der Waals surface area contributed by atoms with Gasteiger partial charge < -0.3 is 0 Å². The normalized spacial score (nSPS) is 13.4. The van der Waals surface area contributed by atoms with E-state index in [2.05, 4.69) is 183 Å². The Morgan fingerprint density at radius 2 is 1.39 bits per heavy atom. The number of anilines is 7. The van der Waals surface area contributed by atoms with E-state index in [1.807, 2.05) is 36.8 Å². The number of fused-ring (bicyclic) bond motifs is 3. The molecule has 0 aliphatic carbocycles.